The lowest BCUT2D eigenvalue weighted by atomic mass is 10.2. The van der Waals surface area contributed by atoms with Crippen molar-refractivity contribution in [1.29, 1.82) is 0 Å². The maximum absolute atomic E-state index is 10.8. The van der Waals surface area contributed by atoms with E-state index in [0.29, 0.717) is 24.4 Å². The van der Waals surface area contributed by atoms with Crippen LogP contribution in [0.4, 0.5) is 0 Å². The van der Waals surface area contributed by atoms with E-state index >= 15 is 0 Å². The number of carboxylic acids is 1. The van der Waals surface area contributed by atoms with Crippen LogP contribution in [0.15, 0.2) is 28.8 Å². The first kappa shape index (κ1) is 12.3. The van der Waals surface area contributed by atoms with Crippen LogP contribution in [0.2, 0.25) is 0 Å². The van der Waals surface area contributed by atoms with E-state index in [0.717, 1.165) is 5.69 Å². The Bertz CT molecular complexity index is 537. The first-order valence-corrected chi connectivity index (χ1v) is 5.46. The van der Waals surface area contributed by atoms with Crippen LogP contribution in [0.1, 0.15) is 27.6 Å². The van der Waals surface area contributed by atoms with Crippen molar-refractivity contribution in [3.63, 3.8) is 0 Å². The number of furan rings is 1. The van der Waals surface area contributed by atoms with Gasteiger partial charge in [0.15, 0.2) is 0 Å². The van der Waals surface area contributed by atoms with Gasteiger partial charge in [0.05, 0.1) is 12.2 Å². The van der Waals surface area contributed by atoms with Gasteiger partial charge in [-0.3, -0.25) is 0 Å². The number of rotatable bonds is 5. The molecule has 2 aromatic heterocycles. The van der Waals surface area contributed by atoms with Gasteiger partial charge in [-0.25, -0.2) is 4.79 Å². The summed E-state index contributed by atoms with van der Waals surface area (Å²) in [7, 11) is 0. The van der Waals surface area contributed by atoms with Gasteiger partial charge in [0, 0.05) is 18.3 Å². The maximum Gasteiger partial charge on any atom is 0.372 e. The Kier molecular flexibility index (Phi) is 3.69. The van der Waals surface area contributed by atoms with Gasteiger partial charge >= 0.3 is 5.97 Å². The van der Waals surface area contributed by atoms with E-state index < -0.39 is 5.97 Å². The van der Waals surface area contributed by atoms with Crippen molar-refractivity contribution in [2.45, 2.75) is 20.0 Å². The van der Waals surface area contributed by atoms with Crippen molar-refractivity contribution < 1.29 is 14.3 Å². The Morgan fingerprint density at radius 2 is 2.33 bits per heavy atom. The molecule has 2 aromatic rings. The molecule has 2 rings (SSSR count). The highest BCUT2D eigenvalue weighted by molar-refractivity contribution is 5.86. The lowest BCUT2D eigenvalue weighted by Gasteiger charge is -2.00. The zero-order valence-electron chi connectivity index (χ0n) is 9.88. The summed E-state index contributed by atoms with van der Waals surface area (Å²) in [6, 6.07) is 5.38. The van der Waals surface area contributed by atoms with Crippen LogP contribution in [0.3, 0.4) is 0 Å². The van der Waals surface area contributed by atoms with Crippen LogP contribution in [0.5, 0.6) is 0 Å². The summed E-state index contributed by atoms with van der Waals surface area (Å²) in [5.74, 6) is -0.465. The molecule has 0 radical (unpaired) electrons. The third kappa shape index (κ3) is 2.92. The van der Waals surface area contributed by atoms with E-state index in [9.17, 15) is 4.79 Å². The van der Waals surface area contributed by atoms with Gasteiger partial charge in [0.2, 0.25) is 5.76 Å². The van der Waals surface area contributed by atoms with Gasteiger partial charge in [0.1, 0.15) is 5.76 Å². The number of nitrogens with zero attached hydrogens (tertiary/aromatic N) is 2. The quantitative estimate of drug-likeness (QED) is 0.829. The lowest BCUT2D eigenvalue weighted by Crippen LogP contribution is -2.13. The van der Waals surface area contributed by atoms with Gasteiger partial charge in [-0.2, -0.15) is 10.2 Å². The van der Waals surface area contributed by atoms with Crippen LogP contribution < -0.4 is 5.32 Å². The number of nitrogens with one attached hydrogen (secondary N) is 1. The first-order chi connectivity index (χ1) is 8.66. The smallest absolute Gasteiger partial charge is 0.372 e. The molecular weight excluding hydrogens is 234 g/mol. The van der Waals surface area contributed by atoms with Crippen LogP contribution in [0.25, 0.3) is 0 Å². The molecule has 2 N–H and O–H groups in total. The van der Waals surface area contributed by atoms with E-state index in [1.54, 1.807) is 19.2 Å². The molecule has 18 heavy (non-hydrogen) atoms. The highest BCUT2D eigenvalue weighted by Crippen LogP contribution is 2.14. The van der Waals surface area contributed by atoms with Gasteiger partial charge in [-0.1, -0.05) is 0 Å². The summed E-state index contributed by atoms with van der Waals surface area (Å²) < 4.78 is 5.22. The minimum absolute atomic E-state index is 0.00805. The summed E-state index contributed by atoms with van der Waals surface area (Å²) >= 11 is 0. The van der Waals surface area contributed by atoms with Gasteiger partial charge in [-0.15, -0.1) is 0 Å². The largest absolute Gasteiger partial charge is 0.475 e. The summed E-state index contributed by atoms with van der Waals surface area (Å²) in [5, 5.41) is 19.6. The van der Waals surface area contributed by atoms with Gasteiger partial charge < -0.3 is 14.8 Å². The van der Waals surface area contributed by atoms with E-state index in [-0.39, 0.29) is 5.76 Å². The molecule has 0 atom stereocenters. The standard InChI is InChI=1S/C12H13N3O3/c1-8-5-10(18-11(8)12(16)17)7-13-6-9-3-2-4-14-15-9/h2-5,13H,6-7H2,1H3,(H,16,17). The Morgan fingerprint density at radius 3 is 2.94 bits per heavy atom. The lowest BCUT2D eigenvalue weighted by molar-refractivity contribution is 0.0659. The average Bonchev–Trinajstić information content (AvgIpc) is 2.72. The molecule has 0 unspecified atom stereocenters. The number of aromatic nitrogens is 2. The summed E-state index contributed by atoms with van der Waals surface area (Å²) in [6.45, 7) is 2.71. The van der Waals surface area contributed by atoms with E-state index in [2.05, 4.69) is 15.5 Å². The second kappa shape index (κ2) is 5.42. The minimum atomic E-state index is -1.05. The maximum atomic E-state index is 10.8. The first-order valence-electron chi connectivity index (χ1n) is 5.46. The number of hydrogen-bond acceptors (Lipinski definition) is 5. The van der Waals surface area contributed by atoms with Crippen LogP contribution >= 0.6 is 0 Å². The Labute approximate surface area is 104 Å². The molecule has 0 aliphatic heterocycles. The second-order valence-corrected chi connectivity index (χ2v) is 3.85. The highest BCUT2D eigenvalue weighted by Gasteiger charge is 2.13. The van der Waals surface area contributed by atoms with Gasteiger partial charge in [0.25, 0.3) is 0 Å². The summed E-state index contributed by atoms with van der Waals surface area (Å²) in [5.41, 5.74) is 1.44. The normalized spacial score (nSPS) is 10.5. The van der Waals surface area contributed by atoms with Gasteiger partial charge in [-0.05, 0) is 25.1 Å². The van der Waals surface area contributed by atoms with Crippen LogP contribution in [-0.2, 0) is 13.1 Å². The topological polar surface area (TPSA) is 88.3 Å². The van der Waals surface area contributed by atoms with Crippen molar-refractivity contribution >= 4 is 5.97 Å². The van der Waals surface area contributed by atoms with Crippen molar-refractivity contribution in [2.75, 3.05) is 0 Å². The Hall–Kier alpha value is -2.21. The molecule has 0 aliphatic carbocycles. The molecule has 6 nitrogen and oxygen atoms in total. The number of carbonyl (C=O) groups is 1. The summed E-state index contributed by atoms with van der Waals surface area (Å²) in [6.07, 6.45) is 1.61. The molecule has 0 spiro atoms. The third-order valence-corrected chi connectivity index (χ3v) is 2.40. The molecule has 2 heterocycles. The predicted molar refractivity (Wildman–Crippen MR) is 63.0 cm³/mol. The fraction of sp³-hybridized carbons (Fsp3) is 0.250. The molecule has 0 amide bonds. The average molecular weight is 247 g/mol. The second-order valence-electron chi connectivity index (χ2n) is 3.85. The fourth-order valence-electron chi connectivity index (χ4n) is 1.59. The van der Waals surface area contributed by atoms with E-state index in [1.165, 1.54) is 0 Å². The molecule has 0 saturated carbocycles. The molecule has 0 bridgehead atoms. The fourth-order valence-corrected chi connectivity index (χ4v) is 1.59. The molecule has 94 valence electrons. The van der Waals surface area contributed by atoms with Crippen LogP contribution in [0, 0.1) is 6.92 Å². The van der Waals surface area contributed by atoms with Crippen molar-refractivity contribution in [3.05, 3.63) is 47.2 Å². The zero-order chi connectivity index (χ0) is 13.0. The molecule has 0 saturated heterocycles. The van der Waals surface area contributed by atoms with Crippen molar-refractivity contribution in [3.8, 4) is 0 Å². The minimum Gasteiger partial charge on any atom is -0.475 e. The number of hydrogen-bond donors (Lipinski definition) is 2. The van der Waals surface area contributed by atoms with Crippen LogP contribution in [-0.4, -0.2) is 21.3 Å². The summed E-state index contributed by atoms with van der Waals surface area (Å²) in [4.78, 5) is 10.8. The molecule has 6 heteroatoms. The molecule has 0 aromatic carbocycles. The number of carboxylic acid groups (broad SMARTS) is 1. The Balaban J connectivity index is 1.91. The monoisotopic (exact) mass is 247 g/mol. The predicted octanol–water partition coefficient (Wildman–Crippen LogP) is 1.37. The van der Waals surface area contributed by atoms with E-state index in [4.69, 9.17) is 9.52 Å². The molecule has 0 fully saturated rings. The van der Waals surface area contributed by atoms with E-state index in [1.807, 2.05) is 12.1 Å². The number of aryl methyl sites for hydroxylation is 1. The highest BCUT2D eigenvalue weighted by atomic mass is 16.4. The van der Waals surface area contributed by atoms with Crippen molar-refractivity contribution in [2.24, 2.45) is 0 Å². The Morgan fingerprint density at radius 1 is 1.50 bits per heavy atom. The SMILES string of the molecule is Cc1cc(CNCc2cccnn2)oc1C(=O)O. The zero-order valence-corrected chi connectivity index (χ0v) is 9.88. The third-order valence-electron chi connectivity index (χ3n) is 2.40. The molecule has 0 aliphatic rings. The molecular formula is C12H13N3O3. The number of aromatic carboxylic acids is 1. The van der Waals surface area contributed by atoms with Crippen molar-refractivity contribution in [1.82, 2.24) is 15.5 Å².